The van der Waals surface area contributed by atoms with E-state index in [1.165, 1.54) is 18.4 Å². The van der Waals surface area contributed by atoms with Crippen LogP contribution < -0.4 is 5.32 Å². The number of hydrogen-bond donors (Lipinski definition) is 1. The van der Waals surface area contributed by atoms with Gasteiger partial charge in [-0.15, -0.1) is 0 Å². The molecule has 0 bridgehead atoms. The Kier molecular flexibility index (Phi) is 5.72. The van der Waals surface area contributed by atoms with Crippen LogP contribution in [0.15, 0.2) is 60.9 Å². The number of carbonyl (C=O) groups excluding carboxylic acids is 1. The van der Waals surface area contributed by atoms with Crippen LogP contribution >= 0.6 is 0 Å². The first-order valence-electron chi connectivity index (χ1n) is 10.2. The van der Waals surface area contributed by atoms with Gasteiger partial charge < -0.3 is 9.88 Å². The summed E-state index contributed by atoms with van der Waals surface area (Å²) in [6.45, 7) is 5.42. The van der Waals surface area contributed by atoms with Gasteiger partial charge in [0.2, 0.25) is 5.91 Å². The first-order valence-corrected chi connectivity index (χ1v) is 10.2. The second-order valence-electron chi connectivity index (χ2n) is 7.81. The third-order valence-corrected chi connectivity index (χ3v) is 5.78. The minimum absolute atomic E-state index is 0.0226. The molecule has 4 rings (SSSR count). The number of nitrogens with one attached hydrogen (secondary N) is 1. The topological polar surface area (TPSA) is 50.2 Å². The maximum absolute atomic E-state index is 12.6. The van der Waals surface area contributed by atoms with Gasteiger partial charge in [-0.3, -0.25) is 9.69 Å². The number of nitrogens with zero attached hydrogens (tertiary/aromatic N) is 3. The second kappa shape index (κ2) is 8.57. The molecule has 28 heavy (non-hydrogen) atoms. The van der Waals surface area contributed by atoms with Crippen molar-refractivity contribution >= 4 is 16.9 Å². The number of rotatable bonds is 6. The fourth-order valence-electron chi connectivity index (χ4n) is 4.03. The van der Waals surface area contributed by atoms with Crippen molar-refractivity contribution in [3.05, 3.63) is 66.5 Å². The van der Waals surface area contributed by atoms with Crippen molar-refractivity contribution in [3.63, 3.8) is 0 Å². The first kappa shape index (κ1) is 18.7. The fourth-order valence-corrected chi connectivity index (χ4v) is 4.03. The SMILES string of the molecule is CC1CCN(C(CNC(=O)Cn2cnc3ccccc32)c2ccccc2)CC1. The molecule has 2 aromatic carbocycles. The van der Waals surface area contributed by atoms with Crippen molar-refractivity contribution in [1.29, 1.82) is 0 Å². The van der Waals surface area contributed by atoms with Gasteiger partial charge in [0, 0.05) is 6.54 Å². The predicted molar refractivity (Wildman–Crippen MR) is 112 cm³/mol. The minimum Gasteiger partial charge on any atom is -0.353 e. The summed E-state index contributed by atoms with van der Waals surface area (Å²) in [6, 6.07) is 18.6. The average molecular weight is 377 g/mol. The molecule has 1 atom stereocenters. The van der Waals surface area contributed by atoms with E-state index in [0.29, 0.717) is 13.1 Å². The molecule has 1 unspecified atom stereocenters. The first-order chi connectivity index (χ1) is 13.7. The number of hydrogen-bond acceptors (Lipinski definition) is 3. The maximum Gasteiger partial charge on any atom is 0.240 e. The summed E-state index contributed by atoms with van der Waals surface area (Å²) in [5, 5.41) is 3.16. The van der Waals surface area contributed by atoms with E-state index in [0.717, 1.165) is 30.0 Å². The molecule has 0 aliphatic carbocycles. The van der Waals surface area contributed by atoms with Gasteiger partial charge in [0.15, 0.2) is 0 Å². The Hall–Kier alpha value is -2.66. The summed E-state index contributed by atoms with van der Waals surface area (Å²) in [7, 11) is 0. The van der Waals surface area contributed by atoms with E-state index < -0.39 is 0 Å². The Balaban J connectivity index is 1.42. The molecule has 1 amide bonds. The van der Waals surface area contributed by atoms with Gasteiger partial charge >= 0.3 is 0 Å². The highest BCUT2D eigenvalue weighted by Crippen LogP contribution is 2.26. The molecule has 1 fully saturated rings. The van der Waals surface area contributed by atoms with Gasteiger partial charge in [0.25, 0.3) is 0 Å². The Morgan fingerprint density at radius 2 is 1.82 bits per heavy atom. The lowest BCUT2D eigenvalue weighted by atomic mass is 9.95. The number of piperidine rings is 1. The molecule has 0 spiro atoms. The Labute approximate surface area is 166 Å². The third-order valence-electron chi connectivity index (χ3n) is 5.78. The number of carbonyl (C=O) groups is 1. The van der Waals surface area contributed by atoms with E-state index >= 15 is 0 Å². The predicted octanol–water partition coefficient (Wildman–Crippen LogP) is 3.63. The van der Waals surface area contributed by atoms with E-state index in [-0.39, 0.29) is 11.9 Å². The van der Waals surface area contributed by atoms with Gasteiger partial charge in [0.05, 0.1) is 23.4 Å². The molecule has 0 saturated carbocycles. The molecule has 0 radical (unpaired) electrons. The molecular formula is C23H28N4O. The molecule has 5 heteroatoms. The number of para-hydroxylation sites is 2. The van der Waals surface area contributed by atoms with E-state index in [9.17, 15) is 4.79 Å². The Morgan fingerprint density at radius 1 is 1.11 bits per heavy atom. The molecular weight excluding hydrogens is 348 g/mol. The van der Waals surface area contributed by atoms with E-state index in [1.807, 2.05) is 34.9 Å². The number of likely N-dealkylation sites (tertiary alicyclic amines) is 1. The quantitative estimate of drug-likeness (QED) is 0.715. The van der Waals surface area contributed by atoms with Crippen molar-refractivity contribution in [2.24, 2.45) is 5.92 Å². The minimum atomic E-state index is 0.0226. The fraction of sp³-hybridized carbons (Fsp3) is 0.391. The Bertz CT molecular complexity index is 913. The number of amides is 1. The summed E-state index contributed by atoms with van der Waals surface area (Å²) < 4.78 is 1.91. The van der Waals surface area contributed by atoms with Gasteiger partial charge in [0.1, 0.15) is 6.54 Å². The molecule has 146 valence electrons. The molecule has 1 aliphatic heterocycles. The van der Waals surface area contributed by atoms with Crippen LogP contribution in [-0.2, 0) is 11.3 Å². The molecule has 3 aromatic rings. The monoisotopic (exact) mass is 376 g/mol. The molecule has 1 aliphatic rings. The smallest absolute Gasteiger partial charge is 0.240 e. The molecule has 2 heterocycles. The van der Waals surface area contributed by atoms with Gasteiger partial charge in [-0.2, -0.15) is 0 Å². The maximum atomic E-state index is 12.6. The summed E-state index contributed by atoms with van der Waals surface area (Å²) in [5.74, 6) is 0.811. The van der Waals surface area contributed by atoms with Crippen molar-refractivity contribution in [1.82, 2.24) is 19.8 Å². The van der Waals surface area contributed by atoms with Crippen LogP contribution in [0.2, 0.25) is 0 Å². The number of aromatic nitrogens is 2. The zero-order chi connectivity index (χ0) is 19.3. The second-order valence-corrected chi connectivity index (χ2v) is 7.81. The lowest BCUT2D eigenvalue weighted by Crippen LogP contribution is -2.42. The summed E-state index contributed by atoms with van der Waals surface area (Å²) >= 11 is 0. The molecule has 1 saturated heterocycles. The Morgan fingerprint density at radius 3 is 2.61 bits per heavy atom. The van der Waals surface area contributed by atoms with E-state index in [4.69, 9.17) is 0 Å². The zero-order valence-corrected chi connectivity index (χ0v) is 16.4. The highest BCUT2D eigenvalue weighted by molar-refractivity contribution is 5.80. The van der Waals surface area contributed by atoms with Crippen LogP contribution in [0.3, 0.4) is 0 Å². The van der Waals surface area contributed by atoms with Crippen LogP contribution in [0.25, 0.3) is 11.0 Å². The van der Waals surface area contributed by atoms with E-state index in [2.05, 4.69) is 46.4 Å². The van der Waals surface area contributed by atoms with Crippen LogP contribution in [0.5, 0.6) is 0 Å². The van der Waals surface area contributed by atoms with Crippen molar-refractivity contribution in [2.75, 3.05) is 19.6 Å². The number of imidazole rings is 1. The molecule has 1 aromatic heterocycles. The van der Waals surface area contributed by atoms with Crippen molar-refractivity contribution in [2.45, 2.75) is 32.4 Å². The normalized spacial score (nSPS) is 16.9. The summed E-state index contributed by atoms with van der Waals surface area (Å²) in [5.41, 5.74) is 3.17. The van der Waals surface area contributed by atoms with Crippen molar-refractivity contribution in [3.8, 4) is 0 Å². The van der Waals surface area contributed by atoms with Crippen LogP contribution in [0.1, 0.15) is 31.4 Å². The molecule has 5 nitrogen and oxygen atoms in total. The molecule has 1 N–H and O–H groups in total. The lowest BCUT2D eigenvalue weighted by molar-refractivity contribution is -0.121. The lowest BCUT2D eigenvalue weighted by Gasteiger charge is -2.37. The highest BCUT2D eigenvalue weighted by atomic mass is 16.1. The van der Waals surface area contributed by atoms with Crippen LogP contribution in [-0.4, -0.2) is 40.0 Å². The summed E-state index contributed by atoms with van der Waals surface area (Å²) in [6.07, 6.45) is 4.18. The van der Waals surface area contributed by atoms with Crippen molar-refractivity contribution < 1.29 is 4.79 Å². The van der Waals surface area contributed by atoms with Gasteiger partial charge in [-0.1, -0.05) is 49.4 Å². The summed E-state index contributed by atoms with van der Waals surface area (Å²) in [4.78, 5) is 19.5. The third kappa shape index (κ3) is 4.25. The van der Waals surface area contributed by atoms with Crippen LogP contribution in [0, 0.1) is 5.92 Å². The van der Waals surface area contributed by atoms with Crippen LogP contribution in [0.4, 0.5) is 0 Å². The highest BCUT2D eigenvalue weighted by Gasteiger charge is 2.25. The van der Waals surface area contributed by atoms with E-state index in [1.54, 1.807) is 6.33 Å². The largest absolute Gasteiger partial charge is 0.353 e. The van der Waals surface area contributed by atoms with Gasteiger partial charge in [-0.05, 0) is 49.5 Å². The van der Waals surface area contributed by atoms with Gasteiger partial charge in [-0.25, -0.2) is 4.98 Å². The zero-order valence-electron chi connectivity index (χ0n) is 16.4. The number of benzene rings is 2. The number of fused-ring (bicyclic) bond motifs is 1. The average Bonchev–Trinajstić information content (AvgIpc) is 3.13. The standard InChI is InChI=1S/C23H28N4O/c1-18-11-13-26(14-12-18)22(19-7-3-2-4-8-19)15-24-23(28)16-27-17-25-20-9-5-6-10-21(20)27/h2-10,17-18,22H,11-16H2,1H3,(H,24,28).